The molecule has 1 aliphatic heterocycles. The van der Waals surface area contributed by atoms with E-state index in [9.17, 15) is 0 Å². The molecule has 0 spiro atoms. The Bertz CT molecular complexity index is 770. The van der Waals surface area contributed by atoms with E-state index < -0.39 is 0 Å². The van der Waals surface area contributed by atoms with Crippen molar-refractivity contribution in [2.24, 2.45) is 4.99 Å². The van der Waals surface area contributed by atoms with Crippen LogP contribution in [0, 0.1) is 0 Å². The van der Waals surface area contributed by atoms with Gasteiger partial charge in [0.15, 0.2) is 5.96 Å². The number of rotatable bonds is 8. The summed E-state index contributed by atoms with van der Waals surface area (Å²) in [6.45, 7) is 5.86. The molecule has 0 aliphatic carbocycles. The van der Waals surface area contributed by atoms with Crippen LogP contribution in [-0.2, 0) is 13.0 Å². The number of hydrogen-bond donors (Lipinski definition) is 2. The van der Waals surface area contributed by atoms with Crippen molar-refractivity contribution in [1.29, 1.82) is 0 Å². The van der Waals surface area contributed by atoms with Gasteiger partial charge in [0, 0.05) is 30.2 Å². The van der Waals surface area contributed by atoms with Crippen molar-refractivity contribution in [1.82, 2.24) is 20.5 Å². The van der Waals surface area contributed by atoms with Crippen molar-refractivity contribution < 1.29 is 4.74 Å². The highest BCUT2D eigenvalue weighted by atomic mass is 32.1. The van der Waals surface area contributed by atoms with Crippen LogP contribution in [0.15, 0.2) is 35.5 Å². The third-order valence-electron chi connectivity index (χ3n) is 5.12. The van der Waals surface area contributed by atoms with E-state index in [2.05, 4.69) is 44.6 Å². The number of para-hydroxylation sites is 1. The van der Waals surface area contributed by atoms with Crippen molar-refractivity contribution in [3.05, 3.63) is 45.9 Å². The topological polar surface area (TPSA) is 61.8 Å². The molecule has 152 valence electrons. The Balaban J connectivity index is 1.64. The van der Waals surface area contributed by atoms with E-state index in [1.807, 2.05) is 25.4 Å². The van der Waals surface area contributed by atoms with Gasteiger partial charge in [-0.2, -0.15) is 0 Å². The van der Waals surface area contributed by atoms with Crippen LogP contribution in [0.3, 0.4) is 0 Å². The SMILES string of the molecule is CCc1cnc(CNC(=NC)NCC(c2ccccc2OC)N2CCCC2)s1. The second-order valence-electron chi connectivity index (χ2n) is 6.88. The number of thiazole rings is 1. The lowest BCUT2D eigenvalue weighted by Gasteiger charge is -2.30. The molecule has 0 saturated carbocycles. The first-order valence-electron chi connectivity index (χ1n) is 10.00. The van der Waals surface area contributed by atoms with Gasteiger partial charge in [-0.05, 0) is 38.4 Å². The maximum Gasteiger partial charge on any atom is 0.191 e. The predicted octanol–water partition coefficient (Wildman–Crippen LogP) is 3.22. The molecule has 2 N–H and O–H groups in total. The Morgan fingerprint density at radius 1 is 1.29 bits per heavy atom. The van der Waals surface area contributed by atoms with E-state index in [4.69, 9.17) is 4.74 Å². The number of ether oxygens (including phenoxy) is 1. The molecule has 0 bridgehead atoms. The summed E-state index contributed by atoms with van der Waals surface area (Å²) in [6, 6.07) is 8.57. The average Bonchev–Trinajstić information content (AvgIpc) is 3.43. The number of aryl methyl sites for hydroxylation is 1. The Kier molecular flexibility index (Phi) is 7.68. The zero-order valence-electron chi connectivity index (χ0n) is 17.1. The lowest BCUT2D eigenvalue weighted by molar-refractivity contribution is 0.239. The number of methoxy groups -OCH3 is 1. The number of guanidine groups is 1. The zero-order valence-corrected chi connectivity index (χ0v) is 17.9. The fourth-order valence-corrected chi connectivity index (χ4v) is 4.40. The quantitative estimate of drug-likeness (QED) is 0.525. The Morgan fingerprint density at radius 2 is 2.07 bits per heavy atom. The molecular formula is C21H31N5OS. The van der Waals surface area contributed by atoms with Crippen molar-refractivity contribution in [2.75, 3.05) is 33.8 Å². The van der Waals surface area contributed by atoms with Gasteiger partial charge < -0.3 is 15.4 Å². The smallest absolute Gasteiger partial charge is 0.191 e. The van der Waals surface area contributed by atoms with Gasteiger partial charge in [0.2, 0.25) is 0 Å². The maximum absolute atomic E-state index is 5.63. The van der Waals surface area contributed by atoms with Crippen LogP contribution in [0.25, 0.3) is 0 Å². The van der Waals surface area contributed by atoms with Crippen molar-refractivity contribution in [2.45, 2.75) is 38.8 Å². The summed E-state index contributed by atoms with van der Waals surface area (Å²) < 4.78 is 5.63. The van der Waals surface area contributed by atoms with Crippen LogP contribution in [0.5, 0.6) is 5.75 Å². The number of benzene rings is 1. The van der Waals surface area contributed by atoms with E-state index in [0.717, 1.165) is 42.8 Å². The lowest BCUT2D eigenvalue weighted by Crippen LogP contribution is -2.42. The number of likely N-dealkylation sites (tertiary alicyclic amines) is 1. The molecule has 2 heterocycles. The number of nitrogens with one attached hydrogen (secondary N) is 2. The van der Waals surface area contributed by atoms with Crippen LogP contribution in [-0.4, -0.2) is 49.6 Å². The molecule has 28 heavy (non-hydrogen) atoms. The minimum atomic E-state index is 0.253. The summed E-state index contributed by atoms with van der Waals surface area (Å²) in [6.07, 6.45) is 5.49. The van der Waals surface area contributed by atoms with Crippen LogP contribution in [0.4, 0.5) is 0 Å². The molecule has 6 nitrogen and oxygen atoms in total. The van der Waals surface area contributed by atoms with Gasteiger partial charge in [-0.1, -0.05) is 25.1 Å². The molecule has 1 saturated heterocycles. The van der Waals surface area contributed by atoms with Gasteiger partial charge in [-0.25, -0.2) is 4.98 Å². The third kappa shape index (κ3) is 5.23. The summed E-state index contributed by atoms with van der Waals surface area (Å²) in [5.41, 5.74) is 1.22. The van der Waals surface area contributed by atoms with E-state index >= 15 is 0 Å². The summed E-state index contributed by atoms with van der Waals surface area (Å²) in [5.74, 6) is 1.74. The predicted molar refractivity (Wildman–Crippen MR) is 116 cm³/mol. The fraction of sp³-hybridized carbons (Fsp3) is 0.524. The monoisotopic (exact) mass is 401 g/mol. The number of aromatic nitrogens is 1. The molecule has 1 aromatic heterocycles. The summed E-state index contributed by atoms with van der Waals surface area (Å²) >= 11 is 1.75. The van der Waals surface area contributed by atoms with Crippen LogP contribution < -0.4 is 15.4 Å². The molecule has 1 fully saturated rings. The molecule has 2 aromatic rings. The first-order valence-corrected chi connectivity index (χ1v) is 10.8. The van der Waals surface area contributed by atoms with Crippen molar-refractivity contribution >= 4 is 17.3 Å². The maximum atomic E-state index is 5.63. The van der Waals surface area contributed by atoms with Crippen LogP contribution >= 0.6 is 11.3 Å². The molecule has 1 atom stereocenters. The first-order chi connectivity index (χ1) is 13.7. The second kappa shape index (κ2) is 10.4. The van der Waals surface area contributed by atoms with Crippen LogP contribution in [0.2, 0.25) is 0 Å². The highest BCUT2D eigenvalue weighted by molar-refractivity contribution is 7.11. The third-order valence-corrected chi connectivity index (χ3v) is 6.26. The standard InChI is InChI=1S/C21H31N5OS/c1-4-16-13-23-20(28-16)15-25-21(22-2)24-14-18(26-11-7-8-12-26)17-9-5-6-10-19(17)27-3/h5-6,9-10,13,18H,4,7-8,11-12,14-15H2,1-3H3,(H2,22,24,25). The average molecular weight is 402 g/mol. The Hall–Kier alpha value is -2.12. The second-order valence-corrected chi connectivity index (χ2v) is 8.08. The number of hydrogen-bond acceptors (Lipinski definition) is 5. The summed E-state index contributed by atoms with van der Waals surface area (Å²) in [4.78, 5) is 12.7. The van der Waals surface area contributed by atoms with Gasteiger partial charge in [-0.15, -0.1) is 11.3 Å². The molecule has 7 heteroatoms. The molecule has 1 aliphatic rings. The molecule has 1 unspecified atom stereocenters. The van der Waals surface area contributed by atoms with Gasteiger partial charge >= 0.3 is 0 Å². The normalized spacial score (nSPS) is 16.2. The molecular weight excluding hydrogens is 370 g/mol. The summed E-state index contributed by atoms with van der Waals surface area (Å²) in [7, 11) is 3.55. The first kappa shape index (κ1) is 20.6. The van der Waals surface area contributed by atoms with Gasteiger partial charge in [0.25, 0.3) is 0 Å². The van der Waals surface area contributed by atoms with Gasteiger partial charge in [-0.3, -0.25) is 9.89 Å². The largest absolute Gasteiger partial charge is 0.496 e. The number of aliphatic imine (C=N–C) groups is 1. The van der Waals surface area contributed by atoms with Crippen molar-refractivity contribution in [3.63, 3.8) is 0 Å². The zero-order chi connectivity index (χ0) is 19.8. The van der Waals surface area contributed by atoms with Crippen molar-refractivity contribution in [3.8, 4) is 5.75 Å². The van der Waals surface area contributed by atoms with E-state index in [1.54, 1.807) is 18.4 Å². The van der Waals surface area contributed by atoms with Crippen LogP contribution in [0.1, 0.15) is 41.3 Å². The lowest BCUT2D eigenvalue weighted by atomic mass is 10.0. The number of nitrogens with zero attached hydrogens (tertiary/aromatic N) is 3. The minimum absolute atomic E-state index is 0.253. The Morgan fingerprint density at radius 3 is 2.75 bits per heavy atom. The highest BCUT2D eigenvalue weighted by Gasteiger charge is 2.26. The highest BCUT2D eigenvalue weighted by Crippen LogP contribution is 2.31. The molecule has 0 radical (unpaired) electrons. The van der Waals surface area contributed by atoms with E-state index in [1.165, 1.54) is 23.3 Å². The van der Waals surface area contributed by atoms with E-state index in [-0.39, 0.29) is 6.04 Å². The van der Waals surface area contributed by atoms with E-state index in [0.29, 0.717) is 6.54 Å². The molecule has 0 amide bonds. The summed E-state index contributed by atoms with van der Waals surface area (Å²) in [5, 5.41) is 7.98. The minimum Gasteiger partial charge on any atom is -0.496 e. The Labute approximate surface area is 172 Å². The molecule has 1 aromatic carbocycles. The fourth-order valence-electron chi connectivity index (χ4n) is 3.60. The van der Waals surface area contributed by atoms with Gasteiger partial charge in [0.05, 0.1) is 19.7 Å². The molecule has 3 rings (SSSR count). The van der Waals surface area contributed by atoms with Gasteiger partial charge in [0.1, 0.15) is 10.8 Å².